The maximum atomic E-state index is 8.21. The van der Waals surface area contributed by atoms with Gasteiger partial charge in [-0.1, -0.05) is 48.5 Å². The number of hydrogen-bond donors (Lipinski definition) is 0. The molecule has 0 radical (unpaired) electrons. The van der Waals surface area contributed by atoms with Crippen LogP contribution in [0.1, 0.15) is 24.2 Å². The van der Waals surface area contributed by atoms with Crippen molar-refractivity contribution in [2.24, 2.45) is 0 Å². The normalized spacial score (nSPS) is 24.9. The van der Waals surface area contributed by atoms with Gasteiger partial charge >= 0.3 is 0 Å². The van der Waals surface area contributed by atoms with E-state index in [4.69, 9.17) is 6.11 Å². The highest BCUT2D eigenvalue weighted by molar-refractivity contribution is 5.80. The second kappa shape index (κ2) is 3.24. The molecule has 2 aromatic carbocycles. The molecule has 0 fully saturated rings. The van der Waals surface area contributed by atoms with Crippen molar-refractivity contribution in [2.45, 2.75) is 12.5 Å². The predicted octanol–water partition coefficient (Wildman–Crippen LogP) is 3.76. The van der Waals surface area contributed by atoms with Gasteiger partial charge in [-0.3, -0.25) is 0 Å². The van der Waals surface area contributed by atoms with Crippen molar-refractivity contribution in [1.82, 2.24) is 0 Å². The fourth-order valence-electron chi connectivity index (χ4n) is 2.63. The van der Waals surface area contributed by atoms with Gasteiger partial charge in [-0.2, -0.15) is 0 Å². The molecule has 1 heterocycles. The largest absolute Gasteiger partial charge is 0.480 e. The van der Waals surface area contributed by atoms with Crippen LogP contribution in [-0.2, 0) is 6.40 Å². The van der Waals surface area contributed by atoms with Crippen molar-refractivity contribution in [3.8, 4) is 5.75 Å². The summed E-state index contributed by atoms with van der Waals surface area (Å²) in [5.41, 5.74) is 4.46. The summed E-state index contributed by atoms with van der Waals surface area (Å²) in [4.78, 5) is 0. The predicted molar refractivity (Wildman–Crippen MR) is 67.9 cm³/mol. The van der Waals surface area contributed by atoms with Crippen molar-refractivity contribution in [2.75, 3.05) is 0 Å². The van der Waals surface area contributed by atoms with E-state index in [1.807, 2.05) is 42.5 Å². The average Bonchev–Trinajstić information content (AvgIpc) is 2.78. The molecular weight excluding hydrogens is 208 g/mol. The van der Waals surface area contributed by atoms with Crippen LogP contribution in [0.3, 0.4) is 0 Å². The van der Waals surface area contributed by atoms with Crippen LogP contribution >= 0.6 is 0 Å². The van der Waals surface area contributed by atoms with Gasteiger partial charge in [0.05, 0.1) is 0 Å². The molecule has 1 aliphatic heterocycles. The Morgan fingerprint density at radius 1 is 1.06 bits per heavy atom. The van der Waals surface area contributed by atoms with E-state index in [-0.39, 0.29) is 12.5 Å². The zero-order valence-electron chi connectivity index (χ0n) is 10.3. The van der Waals surface area contributed by atoms with E-state index in [0.29, 0.717) is 0 Å². The van der Waals surface area contributed by atoms with Crippen molar-refractivity contribution < 1.29 is 6.11 Å². The Morgan fingerprint density at radius 2 is 1.88 bits per heavy atom. The van der Waals surface area contributed by atoms with Crippen LogP contribution in [-0.4, -0.2) is 0 Å². The van der Waals surface area contributed by atoms with Gasteiger partial charge in [0.2, 0.25) is 0 Å². The molecule has 82 valence electrons. The number of fused-ring (bicyclic) bond motifs is 5. The van der Waals surface area contributed by atoms with Crippen molar-refractivity contribution in [1.29, 1.82) is 0 Å². The number of para-hydroxylation sites is 1. The van der Waals surface area contributed by atoms with Gasteiger partial charge in [0.15, 0.2) is 0 Å². The molecule has 1 nitrogen and oxygen atoms in total. The van der Waals surface area contributed by atoms with Gasteiger partial charge in [-0.15, -0.1) is 0 Å². The van der Waals surface area contributed by atoms with Gasteiger partial charge in [0, 0.05) is 18.1 Å². The van der Waals surface area contributed by atoms with E-state index in [1.165, 1.54) is 0 Å². The zero-order valence-corrected chi connectivity index (χ0v) is 9.26. The van der Waals surface area contributed by atoms with Crippen LogP contribution in [0.25, 0.3) is 5.57 Å². The van der Waals surface area contributed by atoms with Crippen molar-refractivity contribution in [3.63, 3.8) is 0 Å². The van der Waals surface area contributed by atoms with Gasteiger partial charge < -0.3 is 4.74 Å². The Hall–Kier alpha value is -2.02. The number of allylic oxidation sites excluding steroid dienone is 1. The third-order valence-corrected chi connectivity index (χ3v) is 3.45. The minimum atomic E-state index is -0.290. The molecule has 4 rings (SSSR count). The minimum absolute atomic E-state index is 0.0276. The van der Waals surface area contributed by atoms with Crippen LogP contribution in [0, 0.1) is 0 Å². The summed E-state index contributed by atoms with van der Waals surface area (Å²) < 4.78 is 14.2. The molecule has 1 heteroatoms. The number of ether oxygens (including phenoxy) is 1. The third kappa shape index (κ3) is 1.19. The fraction of sp³-hybridized carbons (Fsp3) is 0.125. The lowest BCUT2D eigenvalue weighted by Gasteiger charge is -2.20. The Labute approximate surface area is 102 Å². The zero-order chi connectivity index (χ0) is 12.1. The minimum Gasteiger partial charge on any atom is -0.480 e. The summed E-state index contributed by atoms with van der Waals surface area (Å²) in [5.74, 6) is 0.928. The Morgan fingerprint density at radius 3 is 2.88 bits per heavy atom. The molecule has 1 aliphatic carbocycles. The van der Waals surface area contributed by atoms with Crippen LogP contribution < -0.4 is 4.74 Å². The highest BCUT2D eigenvalue weighted by atomic mass is 16.5. The first kappa shape index (κ1) is 8.13. The molecule has 17 heavy (non-hydrogen) atoms. The molecule has 0 saturated carbocycles. The lowest BCUT2D eigenvalue weighted by atomic mass is 9.87. The van der Waals surface area contributed by atoms with E-state index in [1.54, 1.807) is 0 Å². The second-order valence-electron chi connectivity index (χ2n) is 4.41. The van der Waals surface area contributed by atoms with Crippen LogP contribution in [0.5, 0.6) is 5.75 Å². The Balaban J connectivity index is 1.94. The van der Waals surface area contributed by atoms with Gasteiger partial charge in [0.25, 0.3) is 0 Å². The van der Waals surface area contributed by atoms with Crippen LogP contribution in [0.15, 0.2) is 54.6 Å². The first-order chi connectivity index (χ1) is 8.84. The van der Waals surface area contributed by atoms with E-state index in [0.717, 1.165) is 28.0 Å². The number of hydrogen-bond acceptors (Lipinski definition) is 1. The molecule has 2 aromatic rings. The van der Waals surface area contributed by atoms with E-state index in [2.05, 4.69) is 12.1 Å². The molecule has 2 unspecified atom stereocenters. The van der Waals surface area contributed by atoms with Gasteiger partial charge in [-0.25, -0.2) is 0 Å². The van der Waals surface area contributed by atoms with Crippen LogP contribution in [0.2, 0.25) is 0 Å². The summed E-state index contributed by atoms with van der Waals surface area (Å²) >= 11 is 0. The van der Waals surface area contributed by atoms with Crippen molar-refractivity contribution in [3.05, 3.63) is 71.3 Å². The molecule has 0 amide bonds. The molecular formula is C16H12O. The summed E-state index contributed by atoms with van der Waals surface area (Å²) in [6, 6.07) is 16.2. The molecule has 0 bridgehead atoms. The smallest absolute Gasteiger partial charge is 0.150 e. The third-order valence-electron chi connectivity index (χ3n) is 3.45. The molecule has 0 aromatic heterocycles. The summed E-state index contributed by atoms with van der Waals surface area (Å²) in [6.45, 7) is 0. The average molecular weight is 221 g/mol. The number of benzene rings is 2. The monoisotopic (exact) mass is 221 g/mol. The molecule has 0 N–H and O–H groups in total. The highest BCUT2D eigenvalue weighted by Crippen LogP contribution is 2.48. The summed E-state index contributed by atoms with van der Waals surface area (Å²) in [7, 11) is 0. The molecule has 2 atom stereocenters. The van der Waals surface area contributed by atoms with Gasteiger partial charge in [0.1, 0.15) is 11.9 Å². The maximum absolute atomic E-state index is 8.21. The molecule has 0 spiro atoms. The van der Waals surface area contributed by atoms with Crippen LogP contribution in [0.4, 0.5) is 0 Å². The second-order valence-corrected chi connectivity index (χ2v) is 4.41. The summed E-state index contributed by atoms with van der Waals surface area (Å²) in [5, 5.41) is 0. The standard InChI is InChI=1S/C16H12O/c1-2-6-12-11(5-1)9-10-14-13-7-3-4-8-15(13)17-16(12)14/h1-8,10,16H,9H2/i9D. The lowest BCUT2D eigenvalue weighted by molar-refractivity contribution is 0.280. The Bertz CT molecular complexity index is 660. The van der Waals surface area contributed by atoms with E-state index in [9.17, 15) is 0 Å². The first-order valence-corrected chi connectivity index (χ1v) is 5.83. The summed E-state index contributed by atoms with van der Waals surface area (Å²) in [6.07, 6.45) is 1.70. The maximum Gasteiger partial charge on any atom is 0.150 e. The molecule has 2 aliphatic rings. The number of rotatable bonds is 0. The van der Waals surface area contributed by atoms with E-state index >= 15 is 0 Å². The van der Waals surface area contributed by atoms with Gasteiger partial charge in [-0.05, 0) is 18.0 Å². The first-order valence-electron chi connectivity index (χ1n) is 6.41. The molecule has 0 saturated heterocycles. The lowest BCUT2D eigenvalue weighted by Crippen LogP contribution is -2.10. The fourth-order valence-corrected chi connectivity index (χ4v) is 2.63. The Kier molecular flexibility index (Phi) is 1.55. The quantitative estimate of drug-likeness (QED) is 0.658. The highest BCUT2D eigenvalue weighted by Gasteiger charge is 2.32. The van der Waals surface area contributed by atoms with Crippen molar-refractivity contribution >= 4 is 5.57 Å². The van der Waals surface area contributed by atoms with E-state index < -0.39 is 0 Å². The topological polar surface area (TPSA) is 9.23 Å². The SMILES string of the molecule is [2H]C1C=C2c3ccccc3OC2c2ccccc21.